The fourth-order valence-electron chi connectivity index (χ4n) is 2.05. The molecule has 0 aromatic carbocycles. The van der Waals surface area contributed by atoms with E-state index < -0.39 is 10.2 Å². The molecule has 0 saturated carbocycles. The zero-order valence-electron chi connectivity index (χ0n) is 11.0. The van der Waals surface area contributed by atoms with Gasteiger partial charge in [0, 0.05) is 25.7 Å². The summed E-state index contributed by atoms with van der Waals surface area (Å²) in [5.74, 6) is 0. The summed E-state index contributed by atoms with van der Waals surface area (Å²) in [5, 5.41) is 8.51. The van der Waals surface area contributed by atoms with E-state index in [0.717, 1.165) is 19.3 Å². The van der Waals surface area contributed by atoms with Crippen molar-refractivity contribution in [3.63, 3.8) is 0 Å². The molecule has 7 heteroatoms. The molecule has 0 aliphatic carbocycles. The van der Waals surface area contributed by atoms with E-state index in [-0.39, 0.29) is 12.6 Å². The highest BCUT2D eigenvalue weighted by Gasteiger charge is 2.28. The van der Waals surface area contributed by atoms with Crippen molar-refractivity contribution in [1.82, 2.24) is 9.03 Å². The Morgan fingerprint density at radius 3 is 2.83 bits per heavy atom. The number of hydrogen-bond acceptors (Lipinski definition) is 4. The third-order valence-corrected chi connectivity index (χ3v) is 4.77. The summed E-state index contributed by atoms with van der Waals surface area (Å²) < 4.78 is 33.2. The maximum Gasteiger partial charge on any atom is 0.279 e. The van der Waals surface area contributed by atoms with Crippen molar-refractivity contribution < 1.29 is 18.3 Å². The van der Waals surface area contributed by atoms with Crippen molar-refractivity contribution >= 4 is 10.2 Å². The van der Waals surface area contributed by atoms with Crippen molar-refractivity contribution in [1.29, 1.82) is 0 Å². The molecule has 1 saturated heterocycles. The van der Waals surface area contributed by atoms with E-state index in [1.165, 1.54) is 0 Å². The zero-order chi connectivity index (χ0) is 13.4. The summed E-state index contributed by atoms with van der Waals surface area (Å²) in [5.41, 5.74) is 0. The molecule has 1 heterocycles. The van der Waals surface area contributed by atoms with Crippen molar-refractivity contribution in [2.75, 3.05) is 32.9 Å². The minimum atomic E-state index is -3.35. The maximum absolute atomic E-state index is 12.0. The molecule has 1 unspecified atom stereocenters. The Labute approximate surface area is 109 Å². The molecule has 0 amide bonds. The lowest BCUT2D eigenvalue weighted by Gasteiger charge is -2.32. The predicted octanol–water partition coefficient (Wildman–Crippen LogP) is 0.0942. The molecule has 2 N–H and O–H groups in total. The Bertz CT molecular complexity index is 321. The molecule has 1 aliphatic rings. The summed E-state index contributed by atoms with van der Waals surface area (Å²) in [4.78, 5) is 0. The SMILES string of the molecule is CC1CCCCN1S(=O)(=O)NCCCOCCO. The standard InChI is InChI=1S/C11H24N2O4S/c1-11-5-2-3-7-13(11)18(15,16)12-6-4-9-17-10-8-14/h11-12,14H,2-10H2,1H3. The Hall–Kier alpha value is -0.210. The van der Waals surface area contributed by atoms with Crippen LogP contribution in [0.1, 0.15) is 32.6 Å². The first-order chi connectivity index (χ1) is 8.58. The molecular formula is C11H24N2O4S. The lowest BCUT2D eigenvalue weighted by atomic mass is 10.1. The third kappa shape index (κ3) is 5.19. The van der Waals surface area contributed by atoms with Crippen LogP contribution in [0, 0.1) is 0 Å². The zero-order valence-corrected chi connectivity index (χ0v) is 11.8. The van der Waals surface area contributed by atoms with Crippen LogP contribution in [0.4, 0.5) is 0 Å². The first kappa shape index (κ1) is 15.8. The first-order valence-corrected chi connectivity index (χ1v) is 7.97. The van der Waals surface area contributed by atoms with Crippen molar-refractivity contribution in [2.45, 2.75) is 38.6 Å². The molecule has 1 atom stereocenters. The summed E-state index contributed by atoms with van der Waals surface area (Å²) in [6.45, 7) is 3.68. The minimum Gasteiger partial charge on any atom is -0.394 e. The normalized spacial score (nSPS) is 22.2. The minimum absolute atomic E-state index is 0.00296. The largest absolute Gasteiger partial charge is 0.394 e. The van der Waals surface area contributed by atoms with Gasteiger partial charge in [0.15, 0.2) is 0 Å². The van der Waals surface area contributed by atoms with Crippen LogP contribution >= 0.6 is 0 Å². The number of aliphatic hydroxyl groups is 1. The van der Waals surface area contributed by atoms with Crippen LogP contribution in [0.3, 0.4) is 0 Å². The van der Waals surface area contributed by atoms with Crippen LogP contribution in [0.5, 0.6) is 0 Å². The van der Waals surface area contributed by atoms with Gasteiger partial charge in [-0.15, -0.1) is 0 Å². The molecule has 1 rings (SSSR count). The summed E-state index contributed by atoms with van der Waals surface area (Å²) >= 11 is 0. The smallest absolute Gasteiger partial charge is 0.279 e. The molecule has 108 valence electrons. The second kappa shape index (κ2) is 8.06. The van der Waals surface area contributed by atoms with E-state index >= 15 is 0 Å². The average Bonchev–Trinajstić information content (AvgIpc) is 2.34. The number of aliphatic hydroxyl groups excluding tert-OH is 1. The highest BCUT2D eigenvalue weighted by atomic mass is 32.2. The highest BCUT2D eigenvalue weighted by Crippen LogP contribution is 2.18. The van der Waals surface area contributed by atoms with Gasteiger partial charge in [-0.25, -0.2) is 4.72 Å². The van der Waals surface area contributed by atoms with Gasteiger partial charge in [-0.3, -0.25) is 0 Å². The van der Waals surface area contributed by atoms with E-state index in [1.807, 2.05) is 6.92 Å². The Kier molecular flexibility index (Phi) is 7.10. The Morgan fingerprint density at radius 1 is 1.39 bits per heavy atom. The Morgan fingerprint density at radius 2 is 2.17 bits per heavy atom. The van der Waals surface area contributed by atoms with Crippen LogP contribution in [-0.4, -0.2) is 56.8 Å². The van der Waals surface area contributed by atoms with Gasteiger partial charge < -0.3 is 9.84 Å². The van der Waals surface area contributed by atoms with Crippen LogP contribution < -0.4 is 4.72 Å². The van der Waals surface area contributed by atoms with Crippen LogP contribution in [0.15, 0.2) is 0 Å². The van der Waals surface area contributed by atoms with Gasteiger partial charge in [0.2, 0.25) is 0 Å². The van der Waals surface area contributed by atoms with E-state index in [0.29, 0.717) is 32.7 Å². The second-order valence-corrected chi connectivity index (χ2v) is 6.25. The quantitative estimate of drug-likeness (QED) is 0.618. The number of piperidine rings is 1. The number of ether oxygens (including phenoxy) is 1. The molecule has 0 radical (unpaired) electrons. The van der Waals surface area contributed by atoms with Crippen LogP contribution in [-0.2, 0) is 14.9 Å². The summed E-state index contributed by atoms with van der Waals surface area (Å²) in [6, 6.07) is 0.0851. The predicted molar refractivity (Wildman–Crippen MR) is 69.5 cm³/mol. The molecule has 6 nitrogen and oxygen atoms in total. The molecule has 18 heavy (non-hydrogen) atoms. The first-order valence-electron chi connectivity index (χ1n) is 6.53. The number of nitrogens with zero attached hydrogens (tertiary/aromatic N) is 1. The van der Waals surface area contributed by atoms with Gasteiger partial charge in [-0.1, -0.05) is 6.42 Å². The number of rotatable bonds is 8. The van der Waals surface area contributed by atoms with Gasteiger partial charge in [0.25, 0.3) is 10.2 Å². The number of hydrogen-bond donors (Lipinski definition) is 2. The average molecular weight is 280 g/mol. The molecule has 0 bridgehead atoms. The van der Waals surface area contributed by atoms with Gasteiger partial charge in [-0.2, -0.15) is 12.7 Å². The van der Waals surface area contributed by atoms with E-state index in [2.05, 4.69) is 4.72 Å². The fraction of sp³-hybridized carbons (Fsp3) is 1.00. The molecule has 1 aliphatic heterocycles. The molecule has 0 aromatic rings. The Balaban J connectivity index is 2.26. The molecular weight excluding hydrogens is 256 g/mol. The van der Waals surface area contributed by atoms with Gasteiger partial charge in [-0.05, 0) is 26.2 Å². The number of nitrogens with one attached hydrogen (secondary N) is 1. The summed E-state index contributed by atoms with van der Waals surface area (Å²) in [7, 11) is -3.35. The monoisotopic (exact) mass is 280 g/mol. The third-order valence-electron chi connectivity index (χ3n) is 3.04. The van der Waals surface area contributed by atoms with E-state index in [1.54, 1.807) is 4.31 Å². The van der Waals surface area contributed by atoms with Crippen molar-refractivity contribution in [3.8, 4) is 0 Å². The molecule has 1 fully saturated rings. The molecule has 0 aromatic heterocycles. The second-order valence-electron chi connectivity index (χ2n) is 4.54. The van der Waals surface area contributed by atoms with Crippen LogP contribution in [0.2, 0.25) is 0 Å². The fourth-order valence-corrected chi connectivity index (χ4v) is 3.57. The lowest BCUT2D eigenvalue weighted by molar-refractivity contribution is 0.0913. The highest BCUT2D eigenvalue weighted by molar-refractivity contribution is 7.87. The van der Waals surface area contributed by atoms with Crippen LogP contribution in [0.25, 0.3) is 0 Å². The molecule has 0 spiro atoms. The van der Waals surface area contributed by atoms with Crippen molar-refractivity contribution in [2.24, 2.45) is 0 Å². The lowest BCUT2D eigenvalue weighted by Crippen LogP contribution is -2.48. The van der Waals surface area contributed by atoms with Gasteiger partial charge >= 0.3 is 0 Å². The van der Waals surface area contributed by atoms with Gasteiger partial charge in [0.05, 0.1) is 13.2 Å². The van der Waals surface area contributed by atoms with E-state index in [9.17, 15) is 8.42 Å². The van der Waals surface area contributed by atoms with Gasteiger partial charge in [0.1, 0.15) is 0 Å². The maximum atomic E-state index is 12.0. The van der Waals surface area contributed by atoms with E-state index in [4.69, 9.17) is 9.84 Å². The summed E-state index contributed by atoms with van der Waals surface area (Å²) in [6.07, 6.45) is 3.58. The topological polar surface area (TPSA) is 78.9 Å². The van der Waals surface area contributed by atoms with Crippen molar-refractivity contribution in [3.05, 3.63) is 0 Å².